The van der Waals surface area contributed by atoms with Crippen LogP contribution in [0, 0.1) is 12.8 Å². The van der Waals surface area contributed by atoms with Gasteiger partial charge in [0.25, 0.3) is 0 Å². The fourth-order valence-corrected chi connectivity index (χ4v) is 3.54. The van der Waals surface area contributed by atoms with E-state index in [1.165, 1.54) is 11.3 Å². The Hall–Kier alpha value is -2.15. The summed E-state index contributed by atoms with van der Waals surface area (Å²) in [5.74, 6) is 0.910. The third-order valence-corrected chi connectivity index (χ3v) is 5.11. The SMILES string of the molecule is Cc1csc(NC(=O)C2CCN(C(=O)CCc3ccco3)CC2)n1. The van der Waals surface area contributed by atoms with Crippen LogP contribution in [0.25, 0.3) is 0 Å². The zero-order valence-electron chi connectivity index (χ0n) is 13.7. The molecule has 1 aliphatic heterocycles. The minimum absolute atomic E-state index is 0.00651. The molecule has 0 spiro atoms. The molecule has 6 nitrogen and oxygen atoms in total. The van der Waals surface area contributed by atoms with Gasteiger partial charge >= 0.3 is 0 Å². The van der Waals surface area contributed by atoms with Crippen molar-refractivity contribution in [3.63, 3.8) is 0 Å². The minimum atomic E-state index is -0.0525. The number of piperidine rings is 1. The van der Waals surface area contributed by atoms with Crippen molar-refractivity contribution in [2.45, 2.75) is 32.6 Å². The molecular formula is C17H21N3O3S. The van der Waals surface area contributed by atoms with Gasteiger partial charge in [-0.1, -0.05) is 0 Å². The molecule has 1 saturated heterocycles. The second kappa shape index (κ2) is 7.61. The smallest absolute Gasteiger partial charge is 0.229 e. The van der Waals surface area contributed by atoms with Gasteiger partial charge in [0.15, 0.2) is 5.13 Å². The summed E-state index contributed by atoms with van der Waals surface area (Å²) < 4.78 is 5.25. The summed E-state index contributed by atoms with van der Waals surface area (Å²) in [6, 6.07) is 3.71. The molecule has 3 rings (SSSR count). The zero-order chi connectivity index (χ0) is 16.9. The number of hydrogen-bond acceptors (Lipinski definition) is 5. The summed E-state index contributed by atoms with van der Waals surface area (Å²) >= 11 is 1.44. The lowest BCUT2D eigenvalue weighted by Crippen LogP contribution is -2.41. The lowest BCUT2D eigenvalue weighted by Gasteiger charge is -2.31. The lowest BCUT2D eigenvalue weighted by atomic mass is 9.95. The van der Waals surface area contributed by atoms with Gasteiger partial charge in [-0.25, -0.2) is 4.98 Å². The molecule has 0 aromatic carbocycles. The van der Waals surface area contributed by atoms with Crippen molar-refractivity contribution >= 4 is 28.3 Å². The third-order valence-electron chi connectivity index (χ3n) is 4.23. The van der Waals surface area contributed by atoms with E-state index in [1.807, 2.05) is 29.3 Å². The average Bonchev–Trinajstić information content (AvgIpc) is 3.24. The molecule has 0 aliphatic carbocycles. The van der Waals surface area contributed by atoms with E-state index >= 15 is 0 Å². The number of aromatic nitrogens is 1. The maximum absolute atomic E-state index is 12.3. The van der Waals surface area contributed by atoms with Crippen LogP contribution in [0.1, 0.15) is 30.7 Å². The number of aryl methyl sites for hydroxylation is 2. The van der Waals surface area contributed by atoms with Gasteiger partial charge in [-0.3, -0.25) is 9.59 Å². The highest BCUT2D eigenvalue weighted by Crippen LogP contribution is 2.22. The first-order valence-electron chi connectivity index (χ1n) is 8.15. The van der Waals surface area contributed by atoms with E-state index in [9.17, 15) is 9.59 Å². The average molecular weight is 347 g/mol. The van der Waals surface area contributed by atoms with Gasteiger partial charge in [0.2, 0.25) is 11.8 Å². The third kappa shape index (κ3) is 4.23. The van der Waals surface area contributed by atoms with E-state index in [2.05, 4.69) is 10.3 Å². The molecule has 1 fully saturated rings. The van der Waals surface area contributed by atoms with Crippen molar-refractivity contribution in [2.24, 2.45) is 5.92 Å². The van der Waals surface area contributed by atoms with Crippen LogP contribution in [0.2, 0.25) is 0 Å². The molecule has 0 radical (unpaired) electrons. The number of amides is 2. The van der Waals surface area contributed by atoms with Crippen molar-refractivity contribution in [3.05, 3.63) is 35.2 Å². The highest BCUT2D eigenvalue weighted by molar-refractivity contribution is 7.13. The maximum atomic E-state index is 12.3. The Balaban J connectivity index is 1.43. The Morgan fingerprint density at radius 1 is 1.42 bits per heavy atom. The number of nitrogens with zero attached hydrogens (tertiary/aromatic N) is 2. The van der Waals surface area contributed by atoms with Crippen molar-refractivity contribution in [2.75, 3.05) is 18.4 Å². The Kier molecular flexibility index (Phi) is 5.30. The normalized spacial score (nSPS) is 15.5. The second-order valence-corrected chi connectivity index (χ2v) is 6.88. The maximum Gasteiger partial charge on any atom is 0.229 e. The number of furan rings is 1. The molecule has 24 heavy (non-hydrogen) atoms. The molecule has 2 aromatic rings. The van der Waals surface area contributed by atoms with Crippen LogP contribution in [0.4, 0.5) is 5.13 Å². The number of likely N-dealkylation sites (tertiary alicyclic amines) is 1. The van der Waals surface area contributed by atoms with E-state index in [4.69, 9.17) is 4.42 Å². The molecule has 1 aliphatic rings. The quantitative estimate of drug-likeness (QED) is 0.902. The van der Waals surface area contributed by atoms with Crippen LogP contribution < -0.4 is 5.32 Å². The van der Waals surface area contributed by atoms with E-state index in [-0.39, 0.29) is 17.7 Å². The fourth-order valence-electron chi connectivity index (χ4n) is 2.85. The largest absolute Gasteiger partial charge is 0.469 e. The lowest BCUT2D eigenvalue weighted by molar-refractivity contribution is -0.134. The minimum Gasteiger partial charge on any atom is -0.469 e. The molecule has 0 atom stereocenters. The van der Waals surface area contributed by atoms with Gasteiger partial charge in [0.05, 0.1) is 12.0 Å². The molecular weight excluding hydrogens is 326 g/mol. The first-order valence-corrected chi connectivity index (χ1v) is 9.03. The van der Waals surface area contributed by atoms with Gasteiger partial charge in [0, 0.05) is 37.2 Å². The highest BCUT2D eigenvalue weighted by atomic mass is 32.1. The van der Waals surface area contributed by atoms with E-state index < -0.39 is 0 Å². The summed E-state index contributed by atoms with van der Waals surface area (Å²) in [5, 5.41) is 5.43. The Morgan fingerprint density at radius 2 is 2.21 bits per heavy atom. The number of carbonyl (C=O) groups is 2. The van der Waals surface area contributed by atoms with E-state index in [1.54, 1.807) is 6.26 Å². The van der Waals surface area contributed by atoms with Gasteiger partial charge < -0.3 is 14.6 Å². The summed E-state index contributed by atoms with van der Waals surface area (Å²) in [4.78, 5) is 30.6. The second-order valence-electron chi connectivity index (χ2n) is 6.02. The van der Waals surface area contributed by atoms with Crippen LogP contribution in [0.15, 0.2) is 28.2 Å². The molecule has 128 valence electrons. The van der Waals surface area contributed by atoms with Gasteiger partial charge in [-0.15, -0.1) is 11.3 Å². The van der Waals surface area contributed by atoms with Crippen LogP contribution >= 0.6 is 11.3 Å². The summed E-state index contributed by atoms with van der Waals surface area (Å²) in [6.45, 7) is 3.16. The summed E-state index contributed by atoms with van der Waals surface area (Å²) in [6.07, 6.45) is 4.08. The van der Waals surface area contributed by atoms with Crippen LogP contribution in [-0.2, 0) is 16.0 Å². The zero-order valence-corrected chi connectivity index (χ0v) is 14.5. The Morgan fingerprint density at radius 3 is 2.83 bits per heavy atom. The highest BCUT2D eigenvalue weighted by Gasteiger charge is 2.27. The van der Waals surface area contributed by atoms with Crippen LogP contribution in [0.5, 0.6) is 0 Å². The van der Waals surface area contributed by atoms with Crippen LogP contribution in [0.3, 0.4) is 0 Å². The summed E-state index contributed by atoms with van der Waals surface area (Å²) in [5.41, 5.74) is 0.910. The number of anilines is 1. The molecule has 3 heterocycles. The first-order chi connectivity index (χ1) is 11.6. The van der Waals surface area contributed by atoms with Crippen molar-refractivity contribution in [3.8, 4) is 0 Å². The fraction of sp³-hybridized carbons (Fsp3) is 0.471. The number of rotatable bonds is 5. The van der Waals surface area contributed by atoms with Crippen molar-refractivity contribution in [1.29, 1.82) is 0 Å². The monoisotopic (exact) mass is 347 g/mol. The molecule has 2 amide bonds. The van der Waals surface area contributed by atoms with Gasteiger partial charge in [-0.2, -0.15) is 0 Å². The molecule has 7 heteroatoms. The molecule has 2 aromatic heterocycles. The van der Waals surface area contributed by atoms with E-state index in [0.717, 1.165) is 11.5 Å². The topological polar surface area (TPSA) is 75.4 Å². The molecule has 0 unspecified atom stereocenters. The number of thiazole rings is 1. The Bertz CT molecular complexity index is 688. The van der Waals surface area contributed by atoms with Crippen LogP contribution in [-0.4, -0.2) is 34.8 Å². The predicted molar refractivity (Wildman–Crippen MR) is 91.8 cm³/mol. The molecule has 0 saturated carbocycles. The van der Waals surface area contributed by atoms with E-state index in [0.29, 0.717) is 43.9 Å². The molecule has 0 bridgehead atoms. The number of nitrogens with one attached hydrogen (secondary N) is 1. The number of carbonyl (C=O) groups excluding carboxylic acids is 2. The Labute approximate surface area is 144 Å². The first kappa shape index (κ1) is 16.7. The summed E-state index contributed by atoms with van der Waals surface area (Å²) in [7, 11) is 0. The van der Waals surface area contributed by atoms with Crippen molar-refractivity contribution in [1.82, 2.24) is 9.88 Å². The van der Waals surface area contributed by atoms with Crippen molar-refractivity contribution < 1.29 is 14.0 Å². The number of hydrogen-bond donors (Lipinski definition) is 1. The predicted octanol–water partition coefficient (Wildman–Crippen LogP) is 2.85. The van der Waals surface area contributed by atoms with Gasteiger partial charge in [-0.05, 0) is 31.9 Å². The van der Waals surface area contributed by atoms with Gasteiger partial charge in [0.1, 0.15) is 5.76 Å². The standard InChI is InChI=1S/C17H21N3O3S/c1-12-11-24-17(18-12)19-16(22)13-6-8-20(9-7-13)15(21)5-4-14-3-2-10-23-14/h2-3,10-11,13H,4-9H2,1H3,(H,18,19,22). The molecule has 1 N–H and O–H groups in total.